The number of carbonyl (C=O) groups excluding carboxylic acids is 1. The predicted molar refractivity (Wildman–Crippen MR) is 79.3 cm³/mol. The minimum Gasteiger partial charge on any atom is -0.480 e. The van der Waals surface area contributed by atoms with Gasteiger partial charge in [0.2, 0.25) is 5.91 Å². The molecular formula is C14H25N3O5. The van der Waals surface area contributed by atoms with E-state index in [4.69, 9.17) is 10.8 Å². The van der Waals surface area contributed by atoms with Crippen molar-refractivity contribution in [3.8, 4) is 0 Å². The number of carboxylic acids is 2. The van der Waals surface area contributed by atoms with E-state index in [0.29, 0.717) is 38.8 Å². The van der Waals surface area contributed by atoms with Gasteiger partial charge in [-0.25, -0.2) is 4.79 Å². The van der Waals surface area contributed by atoms with Crippen molar-refractivity contribution in [1.29, 1.82) is 0 Å². The van der Waals surface area contributed by atoms with Crippen molar-refractivity contribution in [1.82, 2.24) is 10.2 Å². The second-order valence-corrected chi connectivity index (χ2v) is 5.59. The topological polar surface area (TPSA) is 133 Å². The molecule has 3 atom stereocenters. The van der Waals surface area contributed by atoms with Crippen molar-refractivity contribution < 1.29 is 24.6 Å². The molecule has 1 fully saturated rings. The molecule has 0 spiro atoms. The molecule has 0 aliphatic carbocycles. The number of carboxylic acid groups (broad SMARTS) is 2. The first kappa shape index (κ1) is 18.4. The largest absolute Gasteiger partial charge is 0.480 e. The molecular weight excluding hydrogens is 290 g/mol. The number of carbonyl (C=O) groups is 3. The van der Waals surface area contributed by atoms with Crippen LogP contribution in [0.25, 0.3) is 0 Å². The van der Waals surface area contributed by atoms with Crippen molar-refractivity contribution in [2.24, 2.45) is 5.73 Å². The number of likely N-dealkylation sites (tertiary alicyclic amines) is 1. The molecule has 1 aliphatic heterocycles. The lowest BCUT2D eigenvalue weighted by Gasteiger charge is -2.27. The van der Waals surface area contributed by atoms with Gasteiger partial charge < -0.3 is 20.8 Å². The molecule has 0 aromatic heterocycles. The zero-order valence-electron chi connectivity index (χ0n) is 12.8. The Kier molecular flexibility index (Phi) is 7.26. The molecule has 1 heterocycles. The van der Waals surface area contributed by atoms with Crippen LogP contribution in [0.15, 0.2) is 0 Å². The van der Waals surface area contributed by atoms with Gasteiger partial charge in [0, 0.05) is 6.54 Å². The van der Waals surface area contributed by atoms with E-state index in [1.807, 2.05) is 0 Å². The zero-order chi connectivity index (χ0) is 16.7. The van der Waals surface area contributed by atoms with Gasteiger partial charge in [-0.3, -0.25) is 14.9 Å². The molecule has 0 saturated carbocycles. The summed E-state index contributed by atoms with van der Waals surface area (Å²) in [6.07, 6.45) is 2.84. The maximum atomic E-state index is 12.3. The fraction of sp³-hybridized carbons (Fsp3) is 0.786. The van der Waals surface area contributed by atoms with Crippen LogP contribution in [-0.4, -0.2) is 64.2 Å². The summed E-state index contributed by atoms with van der Waals surface area (Å²) in [5.41, 5.74) is 5.38. The molecule has 1 aliphatic rings. The quantitative estimate of drug-likeness (QED) is 0.426. The van der Waals surface area contributed by atoms with Crippen LogP contribution in [0.2, 0.25) is 0 Å². The number of unbranched alkanes of at least 4 members (excludes halogenated alkanes) is 1. The lowest BCUT2D eigenvalue weighted by atomic mass is 10.1. The highest BCUT2D eigenvalue weighted by atomic mass is 16.4. The van der Waals surface area contributed by atoms with E-state index in [2.05, 4.69) is 5.32 Å². The fourth-order valence-corrected chi connectivity index (χ4v) is 2.68. The maximum absolute atomic E-state index is 12.3. The number of aliphatic carboxylic acids is 2. The third-order valence-electron chi connectivity index (χ3n) is 3.89. The third kappa shape index (κ3) is 4.96. The van der Waals surface area contributed by atoms with E-state index in [0.717, 1.165) is 6.42 Å². The van der Waals surface area contributed by atoms with Crippen LogP contribution in [0.1, 0.15) is 39.0 Å². The minimum absolute atomic E-state index is 0.366. The molecule has 1 amide bonds. The van der Waals surface area contributed by atoms with E-state index in [1.54, 1.807) is 6.92 Å². The number of amides is 1. The Labute approximate surface area is 129 Å². The van der Waals surface area contributed by atoms with Gasteiger partial charge in [0.1, 0.15) is 12.1 Å². The number of nitrogens with zero attached hydrogens (tertiary/aromatic N) is 1. The number of hydrogen-bond acceptors (Lipinski definition) is 5. The lowest BCUT2D eigenvalue weighted by Crippen LogP contribution is -2.53. The van der Waals surface area contributed by atoms with Crippen LogP contribution in [0.3, 0.4) is 0 Å². The van der Waals surface area contributed by atoms with Crippen LogP contribution in [0.4, 0.5) is 0 Å². The Morgan fingerprint density at radius 2 is 2.00 bits per heavy atom. The molecule has 1 unspecified atom stereocenters. The molecule has 1 rings (SSSR count). The predicted octanol–water partition coefficient (Wildman–Crippen LogP) is -0.378. The smallest absolute Gasteiger partial charge is 0.326 e. The summed E-state index contributed by atoms with van der Waals surface area (Å²) in [7, 11) is 0. The van der Waals surface area contributed by atoms with E-state index >= 15 is 0 Å². The Morgan fingerprint density at radius 3 is 2.55 bits per heavy atom. The molecule has 8 nitrogen and oxygen atoms in total. The highest BCUT2D eigenvalue weighted by Crippen LogP contribution is 2.18. The monoisotopic (exact) mass is 315 g/mol. The molecule has 5 N–H and O–H groups in total. The lowest BCUT2D eigenvalue weighted by molar-refractivity contribution is -0.149. The van der Waals surface area contributed by atoms with E-state index in [-0.39, 0.29) is 5.91 Å². The number of hydrogen-bond donors (Lipinski definition) is 4. The Morgan fingerprint density at radius 1 is 1.32 bits per heavy atom. The number of rotatable bonds is 9. The van der Waals surface area contributed by atoms with Crippen LogP contribution >= 0.6 is 0 Å². The van der Waals surface area contributed by atoms with Crippen LogP contribution in [0.5, 0.6) is 0 Å². The highest BCUT2D eigenvalue weighted by molar-refractivity contribution is 5.88. The first-order valence-electron chi connectivity index (χ1n) is 7.60. The Bertz CT molecular complexity index is 415. The van der Waals surface area contributed by atoms with Crippen LogP contribution < -0.4 is 11.1 Å². The molecule has 126 valence electrons. The zero-order valence-corrected chi connectivity index (χ0v) is 12.8. The van der Waals surface area contributed by atoms with Gasteiger partial charge >= 0.3 is 11.9 Å². The summed E-state index contributed by atoms with van der Waals surface area (Å²) in [6, 6.07) is -2.38. The maximum Gasteiger partial charge on any atom is 0.326 e. The van der Waals surface area contributed by atoms with E-state index in [1.165, 1.54) is 4.90 Å². The summed E-state index contributed by atoms with van der Waals surface area (Å²) >= 11 is 0. The normalized spacial score (nSPS) is 20.6. The van der Waals surface area contributed by atoms with E-state index < -0.39 is 30.1 Å². The van der Waals surface area contributed by atoms with Gasteiger partial charge in [-0.1, -0.05) is 6.42 Å². The summed E-state index contributed by atoms with van der Waals surface area (Å²) in [5, 5.41) is 21.1. The van der Waals surface area contributed by atoms with Crippen LogP contribution in [0, 0.1) is 0 Å². The molecule has 0 bridgehead atoms. The molecule has 0 aromatic rings. The Balaban J connectivity index is 2.60. The molecule has 1 saturated heterocycles. The molecule has 0 aromatic carbocycles. The van der Waals surface area contributed by atoms with Crippen molar-refractivity contribution in [3.63, 3.8) is 0 Å². The van der Waals surface area contributed by atoms with Crippen molar-refractivity contribution >= 4 is 17.8 Å². The van der Waals surface area contributed by atoms with Gasteiger partial charge in [0.25, 0.3) is 0 Å². The first-order valence-corrected chi connectivity index (χ1v) is 7.60. The summed E-state index contributed by atoms with van der Waals surface area (Å²) in [4.78, 5) is 36.0. The standard InChI is InChI=1S/C14H25N3O5/c1-9(16-10(13(19)20)5-2-3-7-15)12(18)17-8-4-6-11(17)14(21)22/h9-11,16H,2-8,15H2,1H3,(H,19,20)(H,21,22)/t9?,10-,11-/m0/s1. The highest BCUT2D eigenvalue weighted by Gasteiger charge is 2.36. The van der Waals surface area contributed by atoms with Crippen molar-refractivity contribution in [2.45, 2.75) is 57.2 Å². The second-order valence-electron chi connectivity index (χ2n) is 5.59. The summed E-state index contributed by atoms with van der Waals surface area (Å²) in [5.74, 6) is -2.40. The van der Waals surface area contributed by atoms with Gasteiger partial charge in [0.05, 0.1) is 6.04 Å². The molecule has 22 heavy (non-hydrogen) atoms. The number of nitrogens with two attached hydrogens (primary N) is 1. The Hall–Kier alpha value is -1.67. The summed E-state index contributed by atoms with van der Waals surface area (Å²) < 4.78 is 0. The van der Waals surface area contributed by atoms with Crippen molar-refractivity contribution in [3.05, 3.63) is 0 Å². The van der Waals surface area contributed by atoms with Crippen molar-refractivity contribution in [2.75, 3.05) is 13.1 Å². The average molecular weight is 315 g/mol. The number of nitrogens with one attached hydrogen (secondary N) is 1. The summed E-state index contributed by atoms with van der Waals surface area (Å²) in [6.45, 7) is 2.46. The molecule has 8 heteroatoms. The van der Waals surface area contributed by atoms with Crippen LogP contribution in [-0.2, 0) is 14.4 Å². The first-order chi connectivity index (χ1) is 10.4. The SMILES string of the molecule is CC(N[C@@H](CCCCN)C(=O)O)C(=O)N1CCC[C@H]1C(=O)O. The van der Waals surface area contributed by atoms with Gasteiger partial charge in [-0.05, 0) is 39.2 Å². The van der Waals surface area contributed by atoms with Gasteiger partial charge in [-0.15, -0.1) is 0 Å². The minimum atomic E-state index is -1.02. The average Bonchev–Trinajstić information content (AvgIpc) is 2.94. The van der Waals surface area contributed by atoms with Gasteiger partial charge in [0.15, 0.2) is 0 Å². The fourth-order valence-electron chi connectivity index (χ4n) is 2.68. The molecule has 0 radical (unpaired) electrons. The van der Waals surface area contributed by atoms with E-state index in [9.17, 15) is 19.5 Å². The van der Waals surface area contributed by atoms with Gasteiger partial charge in [-0.2, -0.15) is 0 Å². The third-order valence-corrected chi connectivity index (χ3v) is 3.89. The second kappa shape index (κ2) is 8.70.